The molecule has 7 rings (SSSR count). The Morgan fingerprint density at radius 1 is 0.667 bits per heavy atom. The van der Waals surface area contributed by atoms with E-state index >= 15 is 0 Å². The molecule has 3 aliphatic rings. The number of allylic oxidation sites excluding steroid dienone is 4. The molecule has 0 fully saturated rings. The Labute approximate surface area is 202 Å². The number of rotatable bonds is 1. The second-order valence-corrected chi connectivity index (χ2v) is 10.0. The van der Waals surface area contributed by atoms with Crippen LogP contribution in [-0.4, -0.2) is 4.83 Å². The minimum absolute atomic E-state index is 0.286. The Morgan fingerprint density at radius 3 is 1.94 bits per heavy atom. The monoisotopic (exact) mass is 487 g/mol. The molecule has 1 unspecified atom stereocenters. The fraction of sp³-hybridized carbons (Fsp3) is 0.0968. The van der Waals surface area contributed by atoms with Gasteiger partial charge in [0.1, 0.15) is 0 Å². The number of halogens is 1. The Morgan fingerprint density at radius 2 is 1.24 bits per heavy atom. The molecule has 0 saturated carbocycles. The molecular weight excluding hydrogens is 466 g/mol. The van der Waals surface area contributed by atoms with Crippen molar-refractivity contribution in [2.75, 3.05) is 4.90 Å². The number of alkyl halides is 1. The summed E-state index contributed by atoms with van der Waals surface area (Å²) >= 11 is 4.11. The molecular formula is C31H22BrN. The molecule has 2 heteroatoms. The van der Waals surface area contributed by atoms with Gasteiger partial charge in [-0.2, -0.15) is 0 Å². The first-order valence-corrected chi connectivity index (χ1v) is 12.4. The van der Waals surface area contributed by atoms with Crippen LogP contribution in [0.5, 0.6) is 0 Å². The third-order valence-electron chi connectivity index (χ3n) is 7.37. The first-order valence-electron chi connectivity index (χ1n) is 11.5. The van der Waals surface area contributed by atoms with Crippen LogP contribution in [0.3, 0.4) is 0 Å². The van der Waals surface area contributed by atoms with Crippen LogP contribution in [0, 0.1) is 0 Å². The molecule has 33 heavy (non-hydrogen) atoms. The Balaban J connectivity index is 1.66. The van der Waals surface area contributed by atoms with Crippen LogP contribution in [0.15, 0.2) is 121 Å². The lowest BCUT2D eigenvalue weighted by atomic mass is 9.63. The van der Waals surface area contributed by atoms with Crippen molar-refractivity contribution in [1.82, 2.24) is 0 Å². The van der Waals surface area contributed by atoms with Crippen molar-refractivity contribution >= 4 is 38.6 Å². The first-order chi connectivity index (χ1) is 16.3. The molecule has 1 atom stereocenters. The lowest BCUT2D eigenvalue weighted by molar-refractivity contribution is 0.696. The van der Waals surface area contributed by atoms with E-state index in [-0.39, 0.29) is 10.2 Å². The molecule has 1 heterocycles. The normalized spacial score (nSPS) is 19.2. The van der Waals surface area contributed by atoms with Crippen LogP contribution in [0.1, 0.15) is 28.7 Å². The summed E-state index contributed by atoms with van der Waals surface area (Å²) in [5.41, 5.74) is 11.7. The van der Waals surface area contributed by atoms with Crippen molar-refractivity contribution < 1.29 is 0 Å². The topological polar surface area (TPSA) is 3.24 Å². The summed E-state index contributed by atoms with van der Waals surface area (Å²) in [5, 5.41) is 0. The fourth-order valence-corrected chi connectivity index (χ4v) is 7.03. The van der Waals surface area contributed by atoms with E-state index in [0.29, 0.717) is 0 Å². The molecule has 1 nitrogen and oxygen atoms in total. The predicted octanol–water partition coefficient (Wildman–Crippen LogP) is 8.29. The number of para-hydroxylation sites is 3. The Kier molecular flexibility index (Phi) is 4.10. The maximum absolute atomic E-state index is 4.11. The molecule has 4 aromatic rings. The van der Waals surface area contributed by atoms with E-state index in [1.54, 1.807) is 0 Å². The molecule has 1 aliphatic heterocycles. The number of fused-ring (bicyclic) bond motifs is 8. The van der Waals surface area contributed by atoms with E-state index in [9.17, 15) is 0 Å². The third-order valence-corrected chi connectivity index (χ3v) is 8.20. The van der Waals surface area contributed by atoms with Crippen LogP contribution in [0.4, 0.5) is 17.1 Å². The van der Waals surface area contributed by atoms with E-state index in [2.05, 4.69) is 136 Å². The van der Waals surface area contributed by atoms with Gasteiger partial charge in [-0.15, -0.1) is 0 Å². The average Bonchev–Trinajstić information content (AvgIpc) is 3.18. The van der Waals surface area contributed by atoms with Crippen LogP contribution in [0.2, 0.25) is 0 Å². The quantitative estimate of drug-likeness (QED) is 0.244. The molecule has 0 radical (unpaired) electrons. The van der Waals surface area contributed by atoms with Crippen molar-refractivity contribution in [3.63, 3.8) is 0 Å². The van der Waals surface area contributed by atoms with Gasteiger partial charge in [0.05, 0.1) is 16.8 Å². The highest BCUT2D eigenvalue weighted by Gasteiger charge is 2.54. The third kappa shape index (κ3) is 2.42. The van der Waals surface area contributed by atoms with Crippen molar-refractivity contribution in [2.24, 2.45) is 0 Å². The van der Waals surface area contributed by atoms with Crippen LogP contribution < -0.4 is 4.90 Å². The first kappa shape index (κ1) is 19.1. The second kappa shape index (κ2) is 7.07. The van der Waals surface area contributed by atoms with Crippen LogP contribution >= 0.6 is 15.9 Å². The number of hydrogen-bond acceptors (Lipinski definition) is 1. The van der Waals surface area contributed by atoms with Gasteiger partial charge in [0.25, 0.3) is 0 Å². The van der Waals surface area contributed by atoms with Gasteiger partial charge < -0.3 is 4.90 Å². The SMILES string of the molecule is BrC1CC=CC2=C1C1(c3ccccc32)c2ccccc2N(c2ccccc2)c2ccccc21. The van der Waals surface area contributed by atoms with Gasteiger partial charge in [0.15, 0.2) is 0 Å². The lowest BCUT2D eigenvalue weighted by Crippen LogP contribution is -2.39. The van der Waals surface area contributed by atoms with Gasteiger partial charge in [-0.3, -0.25) is 0 Å². The Hall–Kier alpha value is -3.36. The zero-order valence-electron chi connectivity index (χ0n) is 18.1. The van der Waals surface area contributed by atoms with Gasteiger partial charge in [-0.25, -0.2) is 0 Å². The van der Waals surface area contributed by atoms with Gasteiger partial charge >= 0.3 is 0 Å². The smallest absolute Gasteiger partial charge is 0.0728 e. The largest absolute Gasteiger partial charge is 0.310 e. The van der Waals surface area contributed by atoms with Gasteiger partial charge in [-0.1, -0.05) is 107 Å². The van der Waals surface area contributed by atoms with Crippen molar-refractivity contribution in [3.05, 3.63) is 143 Å². The van der Waals surface area contributed by atoms with E-state index in [1.807, 2.05) is 0 Å². The summed E-state index contributed by atoms with van der Waals surface area (Å²) in [5.74, 6) is 0. The maximum Gasteiger partial charge on any atom is 0.0728 e. The molecule has 0 saturated heterocycles. The molecule has 2 aliphatic carbocycles. The Bertz CT molecular complexity index is 1420. The highest BCUT2D eigenvalue weighted by molar-refractivity contribution is 9.09. The number of nitrogens with zero attached hydrogens (tertiary/aromatic N) is 1. The maximum atomic E-state index is 4.11. The van der Waals surface area contributed by atoms with E-state index in [4.69, 9.17) is 0 Å². The van der Waals surface area contributed by atoms with Crippen molar-refractivity contribution in [3.8, 4) is 0 Å². The number of benzene rings is 4. The molecule has 1 spiro atoms. The highest BCUT2D eigenvalue weighted by Crippen LogP contribution is 2.64. The van der Waals surface area contributed by atoms with E-state index in [1.165, 1.54) is 50.5 Å². The predicted molar refractivity (Wildman–Crippen MR) is 141 cm³/mol. The molecule has 0 amide bonds. The average molecular weight is 488 g/mol. The summed E-state index contributed by atoms with van der Waals surface area (Å²) < 4.78 is 0. The fourth-order valence-electron chi connectivity index (χ4n) is 6.23. The molecule has 0 aromatic heterocycles. The number of anilines is 3. The van der Waals surface area contributed by atoms with Gasteiger partial charge in [-0.05, 0) is 64.1 Å². The summed E-state index contributed by atoms with van der Waals surface area (Å²) in [6.45, 7) is 0. The summed E-state index contributed by atoms with van der Waals surface area (Å²) in [6, 6.07) is 37.7. The standard InChI is InChI=1S/C31H22BrN/c32-27-18-10-14-23-22-13-4-5-15-24(22)31(30(23)27)25-16-6-8-19-28(25)33(21-11-2-1-3-12-21)29-20-9-7-17-26(29)31/h1-17,19-20,27H,18H2. The summed E-state index contributed by atoms with van der Waals surface area (Å²) in [4.78, 5) is 2.72. The molecule has 0 bridgehead atoms. The van der Waals surface area contributed by atoms with E-state index < -0.39 is 0 Å². The molecule has 4 aromatic carbocycles. The summed E-state index contributed by atoms with van der Waals surface area (Å²) in [7, 11) is 0. The van der Waals surface area contributed by atoms with Crippen LogP contribution in [0.25, 0.3) is 5.57 Å². The minimum Gasteiger partial charge on any atom is -0.310 e. The highest BCUT2D eigenvalue weighted by atomic mass is 79.9. The zero-order chi connectivity index (χ0) is 22.0. The molecule has 0 N–H and O–H groups in total. The van der Waals surface area contributed by atoms with Gasteiger partial charge in [0, 0.05) is 10.5 Å². The lowest BCUT2D eigenvalue weighted by Gasteiger charge is -2.47. The van der Waals surface area contributed by atoms with E-state index in [0.717, 1.165) is 6.42 Å². The summed E-state index contributed by atoms with van der Waals surface area (Å²) in [6.07, 6.45) is 5.65. The van der Waals surface area contributed by atoms with Crippen molar-refractivity contribution in [1.29, 1.82) is 0 Å². The second-order valence-electron chi connectivity index (χ2n) is 8.93. The van der Waals surface area contributed by atoms with Crippen molar-refractivity contribution in [2.45, 2.75) is 16.7 Å². The molecule has 158 valence electrons. The zero-order valence-corrected chi connectivity index (χ0v) is 19.7. The van der Waals surface area contributed by atoms with Crippen LogP contribution in [-0.2, 0) is 5.41 Å². The minimum atomic E-state index is -0.316. The number of hydrogen-bond donors (Lipinski definition) is 0. The van der Waals surface area contributed by atoms with Gasteiger partial charge in [0.2, 0.25) is 0 Å².